The highest BCUT2D eigenvalue weighted by Crippen LogP contribution is 2.44. The summed E-state index contributed by atoms with van der Waals surface area (Å²) in [7, 11) is 3.99. The zero-order valence-electron chi connectivity index (χ0n) is 14.2. The van der Waals surface area contributed by atoms with E-state index in [0.29, 0.717) is 5.56 Å². The molecule has 3 N–H and O–H groups in total. The number of hydrogen-bond acceptors (Lipinski definition) is 8. The van der Waals surface area contributed by atoms with Crippen LogP contribution in [-0.4, -0.2) is 36.6 Å². The van der Waals surface area contributed by atoms with Crippen molar-refractivity contribution in [3.8, 4) is 45.8 Å². The van der Waals surface area contributed by atoms with Crippen LogP contribution in [-0.2, 0) is 0 Å². The lowest BCUT2D eigenvalue weighted by molar-refractivity contribution is 0.334. The van der Waals surface area contributed by atoms with Crippen LogP contribution in [0.15, 0.2) is 33.5 Å². The molecule has 0 amide bonds. The fourth-order valence-corrected chi connectivity index (χ4v) is 2.67. The summed E-state index contributed by atoms with van der Waals surface area (Å²) in [4.78, 5) is 12.8. The third kappa shape index (κ3) is 2.52. The highest BCUT2D eigenvalue weighted by molar-refractivity contribution is 5.91. The average Bonchev–Trinajstić information content (AvgIpc) is 2.63. The topological polar surface area (TPSA) is 119 Å². The van der Waals surface area contributed by atoms with Gasteiger partial charge in [0, 0.05) is 11.6 Å². The first-order valence-electron chi connectivity index (χ1n) is 7.44. The van der Waals surface area contributed by atoms with E-state index in [1.165, 1.54) is 45.6 Å². The largest absolute Gasteiger partial charge is 0.504 e. The van der Waals surface area contributed by atoms with Crippen molar-refractivity contribution < 1.29 is 33.9 Å². The second kappa shape index (κ2) is 6.40. The minimum Gasteiger partial charge on any atom is -0.504 e. The average molecular weight is 360 g/mol. The summed E-state index contributed by atoms with van der Waals surface area (Å²) in [6.45, 7) is 0. The van der Waals surface area contributed by atoms with E-state index in [1.54, 1.807) is 0 Å². The van der Waals surface area contributed by atoms with Crippen molar-refractivity contribution in [3.63, 3.8) is 0 Å². The number of methoxy groups -OCH3 is 3. The zero-order chi connectivity index (χ0) is 19.0. The first kappa shape index (κ1) is 17.3. The van der Waals surface area contributed by atoms with Gasteiger partial charge in [-0.1, -0.05) is 0 Å². The van der Waals surface area contributed by atoms with Crippen LogP contribution in [0.5, 0.6) is 34.5 Å². The van der Waals surface area contributed by atoms with Crippen molar-refractivity contribution in [2.24, 2.45) is 0 Å². The lowest BCUT2D eigenvalue weighted by atomic mass is 10.1. The van der Waals surface area contributed by atoms with E-state index in [9.17, 15) is 20.1 Å². The van der Waals surface area contributed by atoms with Gasteiger partial charge in [-0.15, -0.1) is 0 Å². The second-order valence-electron chi connectivity index (χ2n) is 5.33. The van der Waals surface area contributed by atoms with Gasteiger partial charge in [-0.25, -0.2) is 0 Å². The van der Waals surface area contributed by atoms with E-state index < -0.39 is 11.2 Å². The summed E-state index contributed by atoms with van der Waals surface area (Å²) in [5.41, 5.74) is -0.297. The Bertz CT molecular complexity index is 1050. The molecule has 2 aromatic carbocycles. The third-order valence-corrected chi connectivity index (χ3v) is 3.90. The summed E-state index contributed by atoms with van der Waals surface area (Å²) in [5, 5.41) is 29.5. The monoisotopic (exact) mass is 360 g/mol. The maximum atomic E-state index is 12.8. The van der Waals surface area contributed by atoms with E-state index in [4.69, 9.17) is 18.6 Å². The molecule has 1 aromatic heterocycles. The lowest BCUT2D eigenvalue weighted by Crippen LogP contribution is -2.08. The van der Waals surface area contributed by atoms with Gasteiger partial charge in [0.2, 0.25) is 16.9 Å². The summed E-state index contributed by atoms with van der Waals surface area (Å²) < 4.78 is 21.2. The Balaban J connectivity index is 2.42. The van der Waals surface area contributed by atoms with Gasteiger partial charge < -0.3 is 33.9 Å². The zero-order valence-corrected chi connectivity index (χ0v) is 14.2. The van der Waals surface area contributed by atoms with Crippen molar-refractivity contribution in [2.45, 2.75) is 0 Å². The Morgan fingerprint density at radius 2 is 1.58 bits per heavy atom. The molecule has 0 spiro atoms. The molecule has 0 atom stereocenters. The highest BCUT2D eigenvalue weighted by Gasteiger charge is 2.24. The van der Waals surface area contributed by atoms with Crippen LogP contribution < -0.4 is 19.6 Å². The summed E-state index contributed by atoms with van der Waals surface area (Å²) in [6, 6.07) is 5.32. The molecule has 26 heavy (non-hydrogen) atoms. The van der Waals surface area contributed by atoms with Crippen LogP contribution in [0, 0.1) is 0 Å². The van der Waals surface area contributed by atoms with Gasteiger partial charge in [0.25, 0.3) is 0 Å². The van der Waals surface area contributed by atoms with Gasteiger partial charge in [-0.05, 0) is 18.2 Å². The molecule has 3 rings (SSSR count). The van der Waals surface area contributed by atoms with Gasteiger partial charge in [0.15, 0.2) is 28.8 Å². The van der Waals surface area contributed by atoms with Crippen LogP contribution in [0.25, 0.3) is 22.3 Å². The molecule has 0 aliphatic rings. The number of hydrogen-bond donors (Lipinski definition) is 3. The fourth-order valence-electron chi connectivity index (χ4n) is 2.67. The quantitative estimate of drug-likeness (QED) is 0.608. The van der Waals surface area contributed by atoms with Gasteiger partial charge in [0.05, 0.1) is 21.3 Å². The van der Waals surface area contributed by atoms with E-state index in [0.717, 1.165) is 0 Å². The SMILES string of the molecule is COc1cc2oc(-c3ccc(O)c(O)c3)c(OC)c(=O)c2c(O)c1OC. The maximum absolute atomic E-state index is 12.8. The molecule has 0 radical (unpaired) electrons. The predicted molar refractivity (Wildman–Crippen MR) is 92.6 cm³/mol. The molecule has 0 fully saturated rings. The van der Waals surface area contributed by atoms with E-state index in [1.807, 2.05) is 0 Å². The molecule has 0 aliphatic heterocycles. The first-order valence-corrected chi connectivity index (χ1v) is 7.44. The van der Waals surface area contributed by atoms with E-state index in [2.05, 4.69) is 0 Å². The lowest BCUT2D eigenvalue weighted by Gasteiger charge is -2.14. The normalized spacial score (nSPS) is 10.7. The molecule has 0 saturated carbocycles. The number of fused-ring (bicyclic) bond motifs is 1. The number of aromatic hydroxyl groups is 3. The smallest absolute Gasteiger partial charge is 0.239 e. The van der Waals surface area contributed by atoms with Crippen molar-refractivity contribution in [1.82, 2.24) is 0 Å². The number of phenols is 3. The summed E-state index contributed by atoms with van der Waals surface area (Å²) in [6.07, 6.45) is 0. The molecule has 8 nitrogen and oxygen atoms in total. The molecule has 136 valence electrons. The van der Waals surface area contributed by atoms with Gasteiger partial charge in [0.1, 0.15) is 11.0 Å². The maximum Gasteiger partial charge on any atom is 0.239 e. The molecule has 3 aromatic rings. The first-order chi connectivity index (χ1) is 12.4. The molecule has 0 unspecified atom stereocenters. The molecular formula is C18H16O8. The van der Waals surface area contributed by atoms with Crippen molar-refractivity contribution >= 4 is 11.0 Å². The van der Waals surface area contributed by atoms with Gasteiger partial charge in [-0.2, -0.15) is 0 Å². The van der Waals surface area contributed by atoms with E-state index >= 15 is 0 Å². The van der Waals surface area contributed by atoms with Crippen LogP contribution in [0.1, 0.15) is 0 Å². The summed E-state index contributed by atoms with van der Waals surface area (Å²) in [5.74, 6) is -1.14. The van der Waals surface area contributed by atoms with Crippen LogP contribution >= 0.6 is 0 Å². The second-order valence-corrected chi connectivity index (χ2v) is 5.33. The predicted octanol–water partition coefficient (Wildman–Crippen LogP) is 2.60. The molecule has 0 bridgehead atoms. The highest BCUT2D eigenvalue weighted by atomic mass is 16.5. The van der Waals surface area contributed by atoms with Gasteiger partial charge in [-0.3, -0.25) is 4.79 Å². The standard InChI is InChI=1S/C18H16O8/c1-23-12-7-11-13(14(21)17(12)24-2)15(22)18(25-3)16(26-11)8-4-5-9(19)10(20)6-8/h4-7,19-21H,1-3H3. The Labute approximate surface area is 147 Å². The Kier molecular flexibility index (Phi) is 4.25. The van der Waals surface area contributed by atoms with Crippen LogP contribution in [0.3, 0.4) is 0 Å². The number of ether oxygens (including phenoxy) is 3. The van der Waals surface area contributed by atoms with Crippen molar-refractivity contribution in [3.05, 3.63) is 34.5 Å². The van der Waals surface area contributed by atoms with Crippen molar-refractivity contribution in [2.75, 3.05) is 21.3 Å². The van der Waals surface area contributed by atoms with Gasteiger partial charge >= 0.3 is 0 Å². The number of rotatable bonds is 4. The molecule has 0 aliphatic carbocycles. The summed E-state index contributed by atoms with van der Waals surface area (Å²) >= 11 is 0. The Morgan fingerprint density at radius 1 is 0.885 bits per heavy atom. The molecule has 0 saturated heterocycles. The number of benzene rings is 2. The number of phenolic OH excluding ortho intramolecular Hbond substituents is 3. The van der Waals surface area contributed by atoms with Crippen LogP contribution in [0.2, 0.25) is 0 Å². The Hall–Kier alpha value is -3.55. The minimum atomic E-state index is -0.630. The third-order valence-electron chi connectivity index (χ3n) is 3.90. The van der Waals surface area contributed by atoms with Crippen molar-refractivity contribution in [1.29, 1.82) is 0 Å². The molecule has 8 heteroatoms. The van der Waals surface area contributed by atoms with Crippen LogP contribution in [0.4, 0.5) is 0 Å². The molecule has 1 heterocycles. The van der Waals surface area contributed by atoms with E-state index in [-0.39, 0.29) is 45.5 Å². The fraction of sp³-hybridized carbons (Fsp3) is 0.167. The Morgan fingerprint density at radius 3 is 2.15 bits per heavy atom. The minimum absolute atomic E-state index is 0.00983. The molecular weight excluding hydrogens is 344 g/mol.